The largest absolute Gasteiger partial charge is 0.368 e. The number of aromatic amines is 1. The third-order valence-electron chi connectivity index (χ3n) is 7.75. The average molecular weight is 576 g/mol. The Balaban J connectivity index is 1.59. The number of likely N-dealkylation sites (N-methyl/N-ethyl adjacent to an activating group) is 1. The number of nitrogens with zero attached hydrogens (tertiary/aromatic N) is 1. The molecule has 4 rings (SSSR count). The molecule has 2 heterocycles. The lowest BCUT2D eigenvalue weighted by atomic mass is 9.94. The van der Waals surface area contributed by atoms with E-state index in [1.54, 1.807) is 7.05 Å². The van der Waals surface area contributed by atoms with Crippen molar-refractivity contribution in [3.63, 3.8) is 0 Å². The Morgan fingerprint density at radius 3 is 2.24 bits per heavy atom. The highest BCUT2D eigenvalue weighted by Gasteiger charge is 2.39. The minimum Gasteiger partial charge on any atom is -0.368 e. The molecule has 0 spiro atoms. The predicted molar refractivity (Wildman–Crippen MR) is 161 cm³/mol. The lowest BCUT2D eigenvalue weighted by Crippen LogP contribution is -2.61. The second-order valence-electron chi connectivity index (χ2n) is 11.2. The minimum absolute atomic E-state index is 0.133. The number of hydrogen-bond donors (Lipinski definition) is 6. The fourth-order valence-electron chi connectivity index (χ4n) is 5.55. The molecule has 0 aliphatic carbocycles. The maximum Gasteiger partial charge on any atom is 0.246 e. The van der Waals surface area contributed by atoms with Gasteiger partial charge in [0.2, 0.25) is 23.6 Å². The number of fused-ring (bicyclic) bond motifs is 3. The third kappa shape index (κ3) is 6.97. The van der Waals surface area contributed by atoms with Gasteiger partial charge >= 0.3 is 0 Å². The number of H-pyrrole nitrogens is 1. The van der Waals surface area contributed by atoms with Gasteiger partial charge in [0, 0.05) is 36.0 Å². The number of aromatic nitrogens is 1. The Bertz CT molecular complexity index is 1420. The summed E-state index contributed by atoms with van der Waals surface area (Å²) in [6.45, 7) is 3.98. The Kier molecular flexibility index (Phi) is 9.97. The number of benzene rings is 2. The van der Waals surface area contributed by atoms with Gasteiger partial charge in [0.25, 0.3) is 0 Å². The highest BCUT2D eigenvalue weighted by molar-refractivity contribution is 5.96. The maximum atomic E-state index is 14.1. The average Bonchev–Trinajstić information content (AvgIpc) is 3.35. The summed E-state index contributed by atoms with van der Waals surface area (Å²) >= 11 is 0. The smallest absolute Gasteiger partial charge is 0.246 e. The fourth-order valence-corrected chi connectivity index (χ4v) is 5.55. The van der Waals surface area contributed by atoms with Crippen LogP contribution in [0, 0.1) is 5.92 Å². The lowest BCUT2D eigenvalue weighted by Gasteiger charge is -2.36. The van der Waals surface area contributed by atoms with E-state index in [0.717, 1.165) is 27.7 Å². The van der Waals surface area contributed by atoms with Crippen molar-refractivity contribution >= 4 is 34.5 Å². The first kappa shape index (κ1) is 30.7. The SMILES string of the molecule is CN[C@H](CC(C)C)C(=O)N[C@@H](CN)C(=O)N[C@@H](Cc1ccccc1)C(=O)N1Cc2[nH]c3ccccc3c2C[C@H]1C(N)=O. The van der Waals surface area contributed by atoms with Gasteiger partial charge in [-0.3, -0.25) is 19.2 Å². The molecule has 11 nitrogen and oxygen atoms in total. The Morgan fingerprint density at radius 1 is 0.952 bits per heavy atom. The van der Waals surface area contributed by atoms with E-state index < -0.39 is 41.9 Å². The summed E-state index contributed by atoms with van der Waals surface area (Å²) in [5, 5.41) is 9.50. The summed E-state index contributed by atoms with van der Waals surface area (Å²) in [4.78, 5) is 58.0. The van der Waals surface area contributed by atoms with Gasteiger partial charge in [-0.05, 0) is 36.6 Å². The number of rotatable bonds is 12. The molecule has 1 aliphatic heterocycles. The molecular formula is C31H41N7O4. The van der Waals surface area contributed by atoms with Crippen molar-refractivity contribution in [2.45, 2.75) is 63.8 Å². The molecule has 8 N–H and O–H groups in total. The molecule has 11 heteroatoms. The molecule has 0 radical (unpaired) electrons. The van der Waals surface area contributed by atoms with Gasteiger partial charge in [0.15, 0.2) is 0 Å². The summed E-state index contributed by atoms with van der Waals surface area (Å²) in [5.74, 6) is -1.75. The quantitative estimate of drug-likeness (QED) is 0.185. The zero-order valence-corrected chi connectivity index (χ0v) is 24.4. The van der Waals surface area contributed by atoms with Crippen molar-refractivity contribution in [1.29, 1.82) is 0 Å². The van der Waals surface area contributed by atoms with Crippen molar-refractivity contribution in [2.75, 3.05) is 13.6 Å². The van der Waals surface area contributed by atoms with Gasteiger partial charge in [-0.1, -0.05) is 62.4 Å². The predicted octanol–water partition coefficient (Wildman–Crippen LogP) is 0.712. The van der Waals surface area contributed by atoms with Crippen LogP contribution in [0.15, 0.2) is 54.6 Å². The van der Waals surface area contributed by atoms with Crippen molar-refractivity contribution in [3.8, 4) is 0 Å². The number of primary amides is 1. The van der Waals surface area contributed by atoms with E-state index >= 15 is 0 Å². The van der Waals surface area contributed by atoms with Crippen molar-refractivity contribution in [1.82, 2.24) is 25.8 Å². The molecular weight excluding hydrogens is 534 g/mol. The van der Waals surface area contributed by atoms with Gasteiger partial charge in [0.1, 0.15) is 18.1 Å². The van der Waals surface area contributed by atoms with E-state index in [0.29, 0.717) is 6.42 Å². The van der Waals surface area contributed by atoms with Crippen LogP contribution in [0.4, 0.5) is 0 Å². The van der Waals surface area contributed by atoms with Crippen LogP contribution < -0.4 is 27.4 Å². The van der Waals surface area contributed by atoms with Crippen LogP contribution in [-0.2, 0) is 38.6 Å². The Labute approximate surface area is 245 Å². The van der Waals surface area contributed by atoms with Crippen molar-refractivity contribution < 1.29 is 19.2 Å². The lowest BCUT2D eigenvalue weighted by molar-refractivity contribution is -0.144. The zero-order valence-electron chi connectivity index (χ0n) is 24.4. The van der Waals surface area contributed by atoms with Crippen LogP contribution in [0.2, 0.25) is 0 Å². The molecule has 0 saturated heterocycles. The van der Waals surface area contributed by atoms with Crippen LogP contribution in [0.5, 0.6) is 0 Å². The molecule has 4 amide bonds. The number of carbonyl (C=O) groups is 4. The van der Waals surface area contributed by atoms with Crippen molar-refractivity contribution in [3.05, 3.63) is 71.4 Å². The highest BCUT2D eigenvalue weighted by atomic mass is 16.2. The van der Waals surface area contributed by atoms with Gasteiger partial charge < -0.3 is 37.3 Å². The summed E-state index contributed by atoms with van der Waals surface area (Å²) < 4.78 is 0. The molecule has 0 saturated carbocycles. The van der Waals surface area contributed by atoms with E-state index in [-0.39, 0.29) is 37.8 Å². The zero-order chi connectivity index (χ0) is 30.4. The molecule has 2 aromatic carbocycles. The Morgan fingerprint density at radius 2 is 1.60 bits per heavy atom. The van der Waals surface area contributed by atoms with E-state index in [1.165, 1.54) is 4.90 Å². The number of para-hydroxylation sites is 1. The molecule has 1 aliphatic rings. The third-order valence-corrected chi connectivity index (χ3v) is 7.75. The van der Waals surface area contributed by atoms with Crippen molar-refractivity contribution in [2.24, 2.45) is 17.4 Å². The van der Waals surface area contributed by atoms with Crippen LogP contribution >= 0.6 is 0 Å². The second-order valence-corrected chi connectivity index (χ2v) is 11.2. The fraction of sp³-hybridized carbons (Fsp3) is 0.419. The van der Waals surface area contributed by atoms with Gasteiger partial charge in [0.05, 0.1) is 12.6 Å². The monoisotopic (exact) mass is 575 g/mol. The van der Waals surface area contributed by atoms with E-state index in [4.69, 9.17) is 11.5 Å². The summed E-state index contributed by atoms with van der Waals surface area (Å²) in [7, 11) is 1.69. The first-order valence-corrected chi connectivity index (χ1v) is 14.3. The summed E-state index contributed by atoms with van der Waals surface area (Å²) in [5.41, 5.74) is 15.2. The normalized spacial score (nSPS) is 16.9. The Hall–Kier alpha value is -4.22. The summed E-state index contributed by atoms with van der Waals surface area (Å²) in [6.07, 6.45) is 1.01. The maximum absolute atomic E-state index is 14.1. The second kappa shape index (κ2) is 13.6. The van der Waals surface area contributed by atoms with Gasteiger partial charge in [-0.15, -0.1) is 0 Å². The molecule has 0 unspecified atom stereocenters. The number of carbonyl (C=O) groups excluding carboxylic acids is 4. The number of hydrogen-bond acceptors (Lipinski definition) is 6. The molecule has 0 bridgehead atoms. The number of nitrogens with one attached hydrogen (secondary N) is 4. The number of nitrogens with two attached hydrogens (primary N) is 2. The topological polar surface area (TPSA) is 175 Å². The first-order valence-electron chi connectivity index (χ1n) is 14.3. The van der Waals surface area contributed by atoms with Gasteiger partial charge in [-0.25, -0.2) is 0 Å². The molecule has 1 aromatic heterocycles. The highest BCUT2D eigenvalue weighted by Crippen LogP contribution is 2.30. The van der Waals surface area contributed by atoms with E-state index in [9.17, 15) is 19.2 Å². The molecule has 0 fully saturated rings. The van der Waals surface area contributed by atoms with Crippen LogP contribution in [0.1, 0.15) is 37.1 Å². The standard InChI is InChI=1S/C31H41N7O4/c1-18(2)13-23(34-3)29(40)37-25(16-32)30(41)36-24(14-19-9-5-4-6-10-19)31(42)38-17-26-21(15-27(38)28(33)39)20-11-7-8-12-22(20)35-26/h4-12,18,23-25,27,34-35H,13-17,32H2,1-3H3,(H2,33,39)(H,36,41)(H,37,40)/t23-,24+,25+,27+/m1/s1. The minimum atomic E-state index is -1.06. The molecule has 224 valence electrons. The molecule has 4 atom stereocenters. The van der Waals surface area contributed by atoms with E-state index in [1.807, 2.05) is 68.4 Å². The van der Waals surface area contributed by atoms with Crippen LogP contribution in [0.25, 0.3) is 10.9 Å². The first-order chi connectivity index (χ1) is 20.1. The molecule has 42 heavy (non-hydrogen) atoms. The molecule has 3 aromatic rings. The van der Waals surface area contributed by atoms with E-state index in [2.05, 4.69) is 20.9 Å². The van der Waals surface area contributed by atoms with Crippen LogP contribution in [0.3, 0.4) is 0 Å². The van der Waals surface area contributed by atoms with Gasteiger partial charge in [-0.2, -0.15) is 0 Å². The summed E-state index contributed by atoms with van der Waals surface area (Å²) in [6, 6.07) is 13.5. The number of amides is 4. The van der Waals surface area contributed by atoms with Crippen LogP contribution in [-0.4, -0.2) is 71.3 Å².